The molecular weight excluding hydrogens is 378 g/mol. The van der Waals surface area contributed by atoms with Crippen LogP contribution >= 0.6 is 11.6 Å². The lowest BCUT2D eigenvalue weighted by Crippen LogP contribution is -2.53. The summed E-state index contributed by atoms with van der Waals surface area (Å²) in [6.45, 7) is 2.43. The predicted octanol–water partition coefficient (Wildman–Crippen LogP) is 5.30. The molecule has 5 heteroatoms. The molecule has 1 heterocycles. The van der Waals surface area contributed by atoms with Crippen molar-refractivity contribution in [1.29, 1.82) is 0 Å². The van der Waals surface area contributed by atoms with Crippen LogP contribution in [0.5, 0.6) is 0 Å². The summed E-state index contributed by atoms with van der Waals surface area (Å²) >= 11 is 7.08. The van der Waals surface area contributed by atoms with E-state index < -0.39 is 10.0 Å². The largest absolute Gasteiger partial charge is 0.243 e. The van der Waals surface area contributed by atoms with Crippen LogP contribution in [0.3, 0.4) is 0 Å². The van der Waals surface area contributed by atoms with Gasteiger partial charge in [0.15, 0.2) is 0 Å². The molecule has 0 unspecified atom stereocenters. The van der Waals surface area contributed by atoms with E-state index in [-0.39, 0.29) is 16.8 Å². The molecule has 4 rings (SSSR count). The average Bonchev–Trinajstić information content (AvgIpc) is 2.67. The molecule has 1 aliphatic carbocycles. The van der Waals surface area contributed by atoms with Crippen LogP contribution in [0.4, 0.5) is 0 Å². The number of alkyl halides is 1. The molecule has 3 nitrogen and oxygen atoms in total. The highest BCUT2D eigenvalue weighted by molar-refractivity contribution is 7.89. The van der Waals surface area contributed by atoms with E-state index in [0.29, 0.717) is 17.9 Å². The fourth-order valence-electron chi connectivity index (χ4n) is 4.78. The summed E-state index contributed by atoms with van der Waals surface area (Å²) < 4.78 is 28.8. The molecule has 0 aromatic heterocycles. The number of fused-ring (bicyclic) bond motifs is 1. The van der Waals surface area contributed by atoms with Crippen LogP contribution in [0, 0.1) is 12.8 Å². The van der Waals surface area contributed by atoms with Gasteiger partial charge in [0.25, 0.3) is 0 Å². The van der Waals surface area contributed by atoms with Gasteiger partial charge in [0, 0.05) is 6.54 Å². The summed E-state index contributed by atoms with van der Waals surface area (Å²) in [6.07, 6.45) is 4.91. The van der Waals surface area contributed by atoms with Crippen LogP contribution in [0.15, 0.2) is 59.5 Å². The second-order valence-corrected chi connectivity index (χ2v) is 10.6. The monoisotopic (exact) mass is 403 g/mol. The maximum Gasteiger partial charge on any atom is 0.243 e. The van der Waals surface area contributed by atoms with Crippen molar-refractivity contribution in [3.63, 3.8) is 0 Å². The predicted molar refractivity (Wildman–Crippen MR) is 109 cm³/mol. The van der Waals surface area contributed by atoms with Crippen LogP contribution < -0.4 is 0 Å². The van der Waals surface area contributed by atoms with Gasteiger partial charge < -0.3 is 0 Å². The van der Waals surface area contributed by atoms with Gasteiger partial charge in [-0.2, -0.15) is 4.31 Å². The van der Waals surface area contributed by atoms with E-state index in [1.54, 1.807) is 16.4 Å². The molecule has 3 atom stereocenters. The first kappa shape index (κ1) is 19.0. The second-order valence-electron chi connectivity index (χ2n) is 7.92. The van der Waals surface area contributed by atoms with Crippen LogP contribution in [0.25, 0.3) is 0 Å². The van der Waals surface area contributed by atoms with E-state index in [2.05, 4.69) is 0 Å². The van der Waals surface area contributed by atoms with Crippen LogP contribution in [0.1, 0.15) is 49.3 Å². The number of sulfonamides is 1. The summed E-state index contributed by atoms with van der Waals surface area (Å²) in [6, 6.07) is 17.0. The SMILES string of the molecule is Cc1ccc(S(=O)(=O)N2CC[C@]3(Cl)CCCC[C@H]3[C@@H]2c2ccccc2)cc1. The quantitative estimate of drug-likeness (QED) is 0.652. The van der Waals surface area contributed by atoms with Gasteiger partial charge in [0.2, 0.25) is 10.0 Å². The Morgan fingerprint density at radius 1 is 1.00 bits per heavy atom. The van der Waals surface area contributed by atoms with Gasteiger partial charge in [-0.1, -0.05) is 60.9 Å². The molecule has 2 aliphatic rings. The normalized spacial score (nSPS) is 29.3. The Morgan fingerprint density at radius 2 is 1.70 bits per heavy atom. The molecule has 1 saturated heterocycles. The van der Waals surface area contributed by atoms with Crippen molar-refractivity contribution in [3.05, 3.63) is 65.7 Å². The van der Waals surface area contributed by atoms with Crippen molar-refractivity contribution in [2.24, 2.45) is 5.92 Å². The standard InChI is InChI=1S/C22H26ClNO2S/c1-17-10-12-19(13-11-17)27(25,26)24-16-15-22(23)14-6-5-9-20(22)21(24)18-7-3-2-4-8-18/h2-4,7-8,10-13,20-21H,5-6,9,14-16H2,1H3/t20-,21-,22+/m0/s1. The van der Waals surface area contributed by atoms with E-state index in [4.69, 9.17) is 11.6 Å². The number of benzene rings is 2. The van der Waals surface area contributed by atoms with Gasteiger partial charge in [-0.25, -0.2) is 8.42 Å². The van der Waals surface area contributed by atoms with E-state index >= 15 is 0 Å². The number of nitrogens with zero attached hydrogens (tertiary/aromatic N) is 1. The third-order valence-electron chi connectivity index (χ3n) is 6.23. The summed E-state index contributed by atoms with van der Waals surface area (Å²) in [7, 11) is -3.58. The van der Waals surface area contributed by atoms with Crippen LogP contribution in [-0.4, -0.2) is 24.1 Å². The van der Waals surface area contributed by atoms with E-state index in [1.165, 1.54) is 0 Å². The zero-order valence-corrected chi connectivity index (χ0v) is 17.2. The number of aryl methyl sites for hydroxylation is 1. The third-order valence-corrected chi connectivity index (χ3v) is 8.78. The first-order valence-corrected chi connectivity index (χ1v) is 11.6. The molecule has 2 fully saturated rings. The second kappa shape index (κ2) is 7.23. The van der Waals surface area contributed by atoms with E-state index in [0.717, 1.165) is 36.8 Å². The van der Waals surface area contributed by atoms with Crippen LogP contribution in [-0.2, 0) is 10.0 Å². The number of rotatable bonds is 3. The zero-order chi connectivity index (χ0) is 19.1. The maximum absolute atomic E-state index is 13.5. The number of halogens is 1. The van der Waals surface area contributed by atoms with Crippen molar-refractivity contribution in [3.8, 4) is 0 Å². The number of hydrogen-bond acceptors (Lipinski definition) is 2. The minimum Gasteiger partial charge on any atom is -0.207 e. The minimum absolute atomic E-state index is 0.143. The summed E-state index contributed by atoms with van der Waals surface area (Å²) in [5.74, 6) is 0.143. The molecule has 1 aliphatic heterocycles. The lowest BCUT2D eigenvalue weighted by molar-refractivity contribution is 0.0933. The van der Waals surface area contributed by atoms with Crippen molar-refractivity contribution in [2.75, 3.05) is 6.54 Å². The molecule has 2 aromatic carbocycles. The summed E-state index contributed by atoms with van der Waals surface area (Å²) in [5, 5.41) is 0. The topological polar surface area (TPSA) is 37.4 Å². The molecule has 0 spiro atoms. The third kappa shape index (κ3) is 3.43. The molecule has 2 aromatic rings. The van der Waals surface area contributed by atoms with Gasteiger partial charge in [0.1, 0.15) is 0 Å². The molecule has 1 saturated carbocycles. The molecule has 27 heavy (non-hydrogen) atoms. The Morgan fingerprint density at radius 3 is 2.41 bits per heavy atom. The highest BCUT2D eigenvalue weighted by Crippen LogP contribution is 2.53. The molecule has 0 radical (unpaired) electrons. The smallest absolute Gasteiger partial charge is 0.207 e. The Bertz CT molecular complexity index is 898. The molecule has 0 amide bonds. The van der Waals surface area contributed by atoms with E-state index in [1.807, 2.05) is 49.4 Å². The molecule has 144 valence electrons. The van der Waals surface area contributed by atoms with Crippen LogP contribution in [0.2, 0.25) is 0 Å². The van der Waals surface area contributed by atoms with E-state index in [9.17, 15) is 8.42 Å². The summed E-state index contributed by atoms with van der Waals surface area (Å²) in [5.41, 5.74) is 2.10. The van der Waals surface area contributed by atoms with Crippen molar-refractivity contribution in [2.45, 2.75) is 54.8 Å². The van der Waals surface area contributed by atoms with Gasteiger partial charge in [0.05, 0.1) is 15.8 Å². The fraction of sp³-hybridized carbons (Fsp3) is 0.455. The summed E-state index contributed by atoms with van der Waals surface area (Å²) in [4.78, 5) is 0.0739. The zero-order valence-electron chi connectivity index (χ0n) is 15.6. The Hall–Kier alpha value is -1.36. The van der Waals surface area contributed by atoms with Crippen molar-refractivity contribution in [1.82, 2.24) is 4.31 Å². The van der Waals surface area contributed by atoms with Gasteiger partial charge in [-0.15, -0.1) is 11.6 Å². The van der Waals surface area contributed by atoms with Gasteiger partial charge in [-0.05, 0) is 49.8 Å². The Kier molecular flexibility index (Phi) is 5.08. The lowest BCUT2D eigenvalue weighted by Gasteiger charge is -2.51. The fourth-order valence-corrected chi connectivity index (χ4v) is 6.88. The van der Waals surface area contributed by atoms with Crippen molar-refractivity contribution < 1.29 is 8.42 Å². The van der Waals surface area contributed by atoms with Gasteiger partial charge >= 0.3 is 0 Å². The highest BCUT2D eigenvalue weighted by Gasteiger charge is 2.51. The highest BCUT2D eigenvalue weighted by atomic mass is 35.5. The number of hydrogen-bond donors (Lipinski definition) is 0. The first-order chi connectivity index (χ1) is 12.9. The minimum atomic E-state index is -3.58. The molecule has 0 N–H and O–H groups in total. The first-order valence-electron chi connectivity index (χ1n) is 9.74. The lowest BCUT2D eigenvalue weighted by atomic mass is 9.69. The average molecular weight is 404 g/mol. The Balaban J connectivity index is 1.80. The Labute approximate surface area is 167 Å². The maximum atomic E-state index is 13.5. The van der Waals surface area contributed by atoms with Gasteiger partial charge in [-0.3, -0.25) is 0 Å². The number of piperidine rings is 1. The molecular formula is C22H26ClNO2S. The van der Waals surface area contributed by atoms with Crippen molar-refractivity contribution >= 4 is 21.6 Å². The molecule has 0 bridgehead atoms.